The molecule has 0 aliphatic rings. The van der Waals surface area contributed by atoms with Gasteiger partial charge in [-0.2, -0.15) is 0 Å². The largest absolute Gasteiger partial charge is 0.346 e. The van der Waals surface area contributed by atoms with Gasteiger partial charge in [0.1, 0.15) is 4.64 Å². The van der Waals surface area contributed by atoms with E-state index < -0.39 is 0 Å². The molecule has 0 fully saturated rings. The van der Waals surface area contributed by atoms with Crippen molar-refractivity contribution in [2.24, 2.45) is 0 Å². The molecule has 82 valence electrons. The van der Waals surface area contributed by atoms with Crippen molar-refractivity contribution in [3.63, 3.8) is 0 Å². The molecule has 0 unspecified atom stereocenters. The molecule has 0 aliphatic carbocycles. The molecule has 1 aromatic carbocycles. The maximum Gasteiger partial charge on any atom is 0.103 e. The summed E-state index contributed by atoms with van der Waals surface area (Å²) in [4.78, 5) is 3.23. The van der Waals surface area contributed by atoms with Crippen LogP contribution in [0.3, 0.4) is 0 Å². The lowest BCUT2D eigenvalue weighted by molar-refractivity contribution is 1.25. The lowest BCUT2D eigenvalue weighted by Crippen LogP contribution is -1.91. The minimum atomic E-state index is 0.773. The number of H-pyrrole nitrogens is 1. The number of hydrogen-bond acceptors (Lipinski definition) is 1. The van der Waals surface area contributed by atoms with Gasteiger partial charge in [0.2, 0.25) is 0 Å². The Morgan fingerprint density at radius 3 is 2.31 bits per heavy atom. The quantitative estimate of drug-likeness (QED) is 0.719. The highest BCUT2D eigenvalue weighted by Gasteiger charge is 2.04. The van der Waals surface area contributed by atoms with Gasteiger partial charge in [-0.05, 0) is 55.7 Å². The zero-order valence-corrected chi connectivity index (χ0v) is 10.6. The molecule has 2 heteroatoms. The molecule has 0 bridgehead atoms. The second-order valence-corrected chi connectivity index (χ2v) is 4.62. The molecule has 0 saturated heterocycles. The highest BCUT2D eigenvalue weighted by molar-refractivity contribution is 7.71. The van der Waals surface area contributed by atoms with Gasteiger partial charge in [0.05, 0.1) is 0 Å². The predicted molar refractivity (Wildman–Crippen MR) is 71.3 cm³/mol. The molecule has 16 heavy (non-hydrogen) atoms. The smallest absolute Gasteiger partial charge is 0.103 e. The van der Waals surface area contributed by atoms with Gasteiger partial charge in [-0.15, -0.1) is 0 Å². The molecular weight excluding hydrogens is 214 g/mol. The summed E-state index contributed by atoms with van der Waals surface area (Å²) in [6, 6.07) is 10.4. The van der Waals surface area contributed by atoms with Crippen LogP contribution in [-0.2, 0) is 0 Å². The number of nitrogens with one attached hydrogen (secondary N) is 1. The molecule has 0 radical (unpaired) electrons. The Hall–Kier alpha value is -1.41. The second-order valence-electron chi connectivity index (χ2n) is 4.18. The molecule has 2 rings (SSSR count). The lowest BCUT2D eigenvalue weighted by atomic mass is 9.98. The first-order valence-corrected chi connectivity index (χ1v) is 5.76. The zero-order chi connectivity index (χ0) is 11.7. The fourth-order valence-electron chi connectivity index (χ4n) is 1.86. The lowest BCUT2D eigenvalue weighted by Gasteiger charge is -2.09. The molecule has 1 nitrogen and oxygen atoms in total. The van der Waals surface area contributed by atoms with E-state index >= 15 is 0 Å². The maximum absolute atomic E-state index is 5.15. The van der Waals surface area contributed by atoms with E-state index in [1.807, 2.05) is 12.1 Å². The minimum Gasteiger partial charge on any atom is -0.346 e. The molecule has 0 saturated carbocycles. The van der Waals surface area contributed by atoms with Crippen LogP contribution in [0.25, 0.3) is 11.3 Å². The maximum atomic E-state index is 5.15. The monoisotopic (exact) mass is 229 g/mol. The van der Waals surface area contributed by atoms with Gasteiger partial charge in [-0.1, -0.05) is 24.4 Å². The Kier molecular flexibility index (Phi) is 2.92. The number of aromatic amines is 1. The molecule has 0 amide bonds. The summed E-state index contributed by atoms with van der Waals surface area (Å²) in [5.74, 6) is 0. The van der Waals surface area contributed by atoms with Gasteiger partial charge in [-0.25, -0.2) is 0 Å². The Morgan fingerprint density at radius 1 is 0.938 bits per heavy atom. The van der Waals surface area contributed by atoms with Crippen LogP contribution < -0.4 is 0 Å². The number of rotatable bonds is 1. The van der Waals surface area contributed by atoms with E-state index in [2.05, 4.69) is 44.0 Å². The van der Waals surface area contributed by atoms with Gasteiger partial charge >= 0.3 is 0 Å². The third-order valence-corrected chi connectivity index (χ3v) is 3.14. The number of pyridine rings is 1. The highest BCUT2D eigenvalue weighted by Crippen LogP contribution is 2.24. The summed E-state index contributed by atoms with van der Waals surface area (Å²) in [5, 5.41) is 0. The van der Waals surface area contributed by atoms with E-state index in [-0.39, 0.29) is 0 Å². The number of hydrogen-bond donors (Lipinski definition) is 1. The van der Waals surface area contributed by atoms with Crippen LogP contribution in [-0.4, -0.2) is 4.98 Å². The summed E-state index contributed by atoms with van der Waals surface area (Å²) in [7, 11) is 0. The van der Waals surface area contributed by atoms with E-state index in [0.29, 0.717) is 0 Å². The van der Waals surface area contributed by atoms with Crippen LogP contribution in [0.2, 0.25) is 0 Å². The zero-order valence-electron chi connectivity index (χ0n) is 9.79. The van der Waals surface area contributed by atoms with Gasteiger partial charge in [0.15, 0.2) is 0 Å². The molecule has 1 aromatic heterocycles. The molecule has 0 spiro atoms. The molecule has 2 aromatic rings. The first-order chi connectivity index (χ1) is 7.58. The van der Waals surface area contributed by atoms with Crippen LogP contribution >= 0.6 is 12.2 Å². The summed E-state index contributed by atoms with van der Waals surface area (Å²) in [6.45, 7) is 6.40. The third kappa shape index (κ3) is 2.07. The number of aromatic nitrogens is 1. The van der Waals surface area contributed by atoms with E-state index in [9.17, 15) is 0 Å². The molecule has 0 atom stereocenters. The van der Waals surface area contributed by atoms with Crippen LogP contribution in [0.15, 0.2) is 30.3 Å². The van der Waals surface area contributed by atoms with Crippen molar-refractivity contribution in [3.8, 4) is 11.3 Å². The molecule has 0 aliphatic heterocycles. The highest BCUT2D eigenvalue weighted by atomic mass is 32.1. The second kappa shape index (κ2) is 4.22. The third-order valence-electron chi connectivity index (χ3n) is 2.90. The molecule has 1 heterocycles. The van der Waals surface area contributed by atoms with Crippen molar-refractivity contribution in [2.75, 3.05) is 0 Å². The summed E-state index contributed by atoms with van der Waals surface area (Å²) in [6.07, 6.45) is 0. The van der Waals surface area contributed by atoms with Crippen LogP contribution in [0.4, 0.5) is 0 Å². The Balaban J connectivity index is 2.65. The number of aryl methyl sites for hydroxylation is 3. The topological polar surface area (TPSA) is 15.8 Å². The Labute approximate surface area is 101 Å². The summed E-state index contributed by atoms with van der Waals surface area (Å²) in [5.41, 5.74) is 6.24. The molecular formula is C14H15NS. The summed E-state index contributed by atoms with van der Waals surface area (Å²) >= 11 is 5.15. The standard InChI is InChI=1S/C14H15NS/c1-9-7-11(3)12(8-10(9)2)13-5-4-6-14(16)15-13/h4-8H,1-3H3,(H,15,16). The summed E-state index contributed by atoms with van der Waals surface area (Å²) < 4.78 is 0.773. The van der Waals surface area contributed by atoms with Crippen molar-refractivity contribution in [3.05, 3.63) is 51.7 Å². The minimum absolute atomic E-state index is 0.773. The van der Waals surface area contributed by atoms with Gasteiger partial charge < -0.3 is 4.98 Å². The fourth-order valence-corrected chi connectivity index (χ4v) is 2.04. The Morgan fingerprint density at radius 2 is 1.62 bits per heavy atom. The Bertz CT molecular complexity index is 582. The van der Waals surface area contributed by atoms with Crippen molar-refractivity contribution in [1.29, 1.82) is 0 Å². The normalized spacial score (nSPS) is 10.4. The van der Waals surface area contributed by atoms with Crippen molar-refractivity contribution < 1.29 is 0 Å². The van der Waals surface area contributed by atoms with E-state index in [4.69, 9.17) is 12.2 Å². The van der Waals surface area contributed by atoms with E-state index in [1.54, 1.807) is 0 Å². The van der Waals surface area contributed by atoms with Crippen LogP contribution in [0.1, 0.15) is 16.7 Å². The van der Waals surface area contributed by atoms with Crippen molar-refractivity contribution in [1.82, 2.24) is 4.98 Å². The van der Waals surface area contributed by atoms with Crippen molar-refractivity contribution >= 4 is 12.2 Å². The SMILES string of the molecule is Cc1cc(C)c(-c2cccc(=S)[nH]2)cc1C. The van der Waals surface area contributed by atoms with E-state index in [1.165, 1.54) is 22.3 Å². The molecule has 1 N–H and O–H groups in total. The van der Waals surface area contributed by atoms with Gasteiger partial charge in [0.25, 0.3) is 0 Å². The van der Waals surface area contributed by atoms with Gasteiger partial charge in [0, 0.05) is 11.3 Å². The predicted octanol–water partition coefficient (Wildman–Crippen LogP) is 4.34. The van der Waals surface area contributed by atoms with Crippen LogP contribution in [0.5, 0.6) is 0 Å². The average Bonchev–Trinajstić information content (AvgIpc) is 2.23. The van der Waals surface area contributed by atoms with Crippen LogP contribution in [0, 0.1) is 25.4 Å². The number of benzene rings is 1. The van der Waals surface area contributed by atoms with Gasteiger partial charge in [-0.3, -0.25) is 0 Å². The van der Waals surface area contributed by atoms with E-state index in [0.717, 1.165) is 10.3 Å². The first-order valence-electron chi connectivity index (χ1n) is 5.35. The average molecular weight is 229 g/mol. The fraction of sp³-hybridized carbons (Fsp3) is 0.214. The van der Waals surface area contributed by atoms with Crippen molar-refractivity contribution in [2.45, 2.75) is 20.8 Å². The first kappa shape index (κ1) is 11.1.